The van der Waals surface area contributed by atoms with Gasteiger partial charge in [0.05, 0.1) is 19.8 Å². The first-order valence-electron chi connectivity index (χ1n) is 3.89. The Hall–Kier alpha value is -0.123. The number of rotatable bonds is 6. The van der Waals surface area contributed by atoms with Gasteiger partial charge in [-0.1, -0.05) is 6.08 Å². The zero-order valence-electron chi connectivity index (χ0n) is 7.72. The maximum Gasteiger partial charge on any atom is 0.183 e. The van der Waals surface area contributed by atoms with Crippen LogP contribution in [0.2, 0.25) is 19.6 Å². The van der Waals surface area contributed by atoms with Crippen LogP contribution >= 0.6 is 0 Å². The molecule has 0 bridgehead atoms. The van der Waals surface area contributed by atoms with Crippen molar-refractivity contribution in [3.63, 3.8) is 0 Å². The highest BCUT2D eigenvalue weighted by atomic mass is 28.4. The van der Waals surface area contributed by atoms with Crippen molar-refractivity contribution in [1.82, 2.24) is 0 Å². The van der Waals surface area contributed by atoms with E-state index in [9.17, 15) is 0 Å². The molecule has 0 heterocycles. The van der Waals surface area contributed by atoms with Gasteiger partial charge in [0.15, 0.2) is 8.32 Å². The third kappa shape index (κ3) is 9.88. The second kappa shape index (κ2) is 5.52. The molecular formula is C8H18O2Si. The van der Waals surface area contributed by atoms with Gasteiger partial charge >= 0.3 is 0 Å². The van der Waals surface area contributed by atoms with Gasteiger partial charge in [0.1, 0.15) is 0 Å². The zero-order chi connectivity index (χ0) is 8.74. The molecule has 0 fully saturated rings. The van der Waals surface area contributed by atoms with E-state index in [-0.39, 0.29) is 0 Å². The second-order valence-corrected chi connectivity index (χ2v) is 7.84. The van der Waals surface area contributed by atoms with E-state index in [4.69, 9.17) is 9.16 Å². The maximum atomic E-state index is 5.56. The smallest absolute Gasteiger partial charge is 0.183 e. The molecule has 0 N–H and O–H groups in total. The molecule has 0 aliphatic heterocycles. The molecule has 2 nitrogen and oxygen atoms in total. The summed E-state index contributed by atoms with van der Waals surface area (Å²) >= 11 is 0. The molecule has 0 aromatic rings. The topological polar surface area (TPSA) is 18.5 Å². The normalized spacial score (nSPS) is 11.5. The average Bonchev–Trinajstić information content (AvgIpc) is 1.85. The third-order valence-electron chi connectivity index (χ3n) is 0.998. The first kappa shape index (κ1) is 10.9. The van der Waals surface area contributed by atoms with Crippen LogP contribution in [0.4, 0.5) is 0 Å². The molecule has 0 aliphatic carbocycles. The fourth-order valence-electron chi connectivity index (χ4n) is 0.573. The van der Waals surface area contributed by atoms with Crippen molar-refractivity contribution < 1.29 is 9.16 Å². The van der Waals surface area contributed by atoms with Gasteiger partial charge in [-0.3, -0.25) is 0 Å². The number of hydrogen-bond donors (Lipinski definition) is 0. The van der Waals surface area contributed by atoms with E-state index in [1.54, 1.807) is 6.08 Å². The molecule has 0 unspecified atom stereocenters. The first-order valence-corrected chi connectivity index (χ1v) is 7.29. The Labute approximate surface area is 70.3 Å². The van der Waals surface area contributed by atoms with Gasteiger partial charge in [0.2, 0.25) is 0 Å². The molecule has 0 saturated heterocycles. The number of ether oxygens (including phenoxy) is 1. The molecule has 0 rings (SSSR count). The third-order valence-corrected chi connectivity index (χ3v) is 2.07. The largest absolute Gasteiger partial charge is 0.415 e. The van der Waals surface area contributed by atoms with Crippen molar-refractivity contribution >= 4 is 8.32 Å². The van der Waals surface area contributed by atoms with Gasteiger partial charge in [0, 0.05) is 0 Å². The van der Waals surface area contributed by atoms with Crippen molar-refractivity contribution in [3.05, 3.63) is 12.7 Å². The van der Waals surface area contributed by atoms with Crippen molar-refractivity contribution in [2.24, 2.45) is 0 Å². The summed E-state index contributed by atoms with van der Waals surface area (Å²) in [6, 6.07) is 0. The van der Waals surface area contributed by atoms with Crippen LogP contribution in [-0.2, 0) is 9.16 Å². The Morgan fingerprint density at radius 3 is 2.36 bits per heavy atom. The predicted octanol–water partition coefficient (Wildman–Crippen LogP) is 2.04. The summed E-state index contributed by atoms with van der Waals surface area (Å²) in [5, 5.41) is 0. The Morgan fingerprint density at radius 2 is 1.91 bits per heavy atom. The highest BCUT2D eigenvalue weighted by molar-refractivity contribution is 6.69. The zero-order valence-corrected chi connectivity index (χ0v) is 8.72. The van der Waals surface area contributed by atoms with Crippen molar-refractivity contribution in [3.8, 4) is 0 Å². The lowest BCUT2D eigenvalue weighted by molar-refractivity contribution is 0.118. The quantitative estimate of drug-likeness (QED) is 0.348. The van der Waals surface area contributed by atoms with Gasteiger partial charge in [-0.2, -0.15) is 0 Å². The molecule has 0 aliphatic rings. The summed E-state index contributed by atoms with van der Waals surface area (Å²) in [6.45, 7) is 12.1. The molecule has 0 aromatic carbocycles. The molecule has 66 valence electrons. The Morgan fingerprint density at radius 1 is 1.27 bits per heavy atom. The molecule has 3 heteroatoms. The summed E-state index contributed by atoms with van der Waals surface area (Å²) in [7, 11) is -1.32. The van der Waals surface area contributed by atoms with E-state index < -0.39 is 8.32 Å². The van der Waals surface area contributed by atoms with E-state index >= 15 is 0 Å². The molecule has 0 spiro atoms. The molecule has 0 amide bonds. The van der Waals surface area contributed by atoms with Gasteiger partial charge in [-0.25, -0.2) is 0 Å². The van der Waals surface area contributed by atoms with Crippen LogP contribution in [0, 0.1) is 0 Å². The van der Waals surface area contributed by atoms with E-state index in [1.165, 1.54) is 0 Å². The van der Waals surface area contributed by atoms with Crippen molar-refractivity contribution in [2.45, 2.75) is 19.6 Å². The van der Waals surface area contributed by atoms with E-state index in [0.29, 0.717) is 19.8 Å². The van der Waals surface area contributed by atoms with Crippen LogP contribution in [0.1, 0.15) is 0 Å². The van der Waals surface area contributed by atoms with Crippen LogP contribution in [-0.4, -0.2) is 28.1 Å². The van der Waals surface area contributed by atoms with E-state index in [1.807, 2.05) is 0 Å². The van der Waals surface area contributed by atoms with Gasteiger partial charge in [-0.15, -0.1) is 6.58 Å². The summed E-state index contributed by atoms with van der Waals surface area (Å²) in [6.07, 6.45) is 1.74. The number of hydrogen-bond acceptors (Lipinski definition) is 2. The highest BCUT2D eigenvalue weighted by Gasteiger charge is 2.12. The molecule has 0 atom stereocenters. The van der Waals surface area contributed by atoms with Gasteiger partial charge < -0.3 is 9.16 Å². The summed E-state index contributed by atoms with van der Waals surface area (Å²) in [5.74, 6) is 0. The minimum atomic E-state index is -1.32. The average molecular weight is 174 g/mol. The van der Waals surface area contributed by atoms with Crippen LogP contribution in [0.3, 0.4) is 0 Å². The fourth-order valence-corrected chi connectivity index (χ4v) is 1.27. The minimum Gasteiger partial charge on any atom is -0.415 e. The summed E-state index contributed by atoms with van der Waals surface area (Å²) < 4.78 is 10.7. The molecular weight excluding hydrogens is 156 g/mol. The van der Waals surface area contributed by atoms with Crippen molar-refractivity contribution in [1.29, 1.82) is 0 Å². The van der Waals surface area contributed by atoms with Crippen LogP contribution in [0.5, 0.6) is 0 Å². The molecule has 0 radical (unpaired) electrons. The first-order chi connectivity index (χ1) is 5.06. The highest BCUT2D eigenvalue weighted by Crippen LogP contribution is 2.01. The van der Waals surface area contributed by atoms with E-state index in [2.05, 4.69) is 26.2 Å². The van der Waals surface area contributed by atoms with Gasteiger partial charge in [-0.05, 0) is 19.6 Å². The summed E-state index contributed by atoms with van der Waals surface area (Å²) in [5.41, 5.74) is 0. The predicted molar refractivity (Wildman–Crippen MR) is 50.3 cm³/mol. The minimum absolute atomic E-state index is 0.620. The Balaban J connectivity index is 3.08. The lowest BCUT2D eigenvalue weighted by Crippen LogP contribution is -2.27. The van der Waals surface area contributed by atoms with Crippen LogP contribution in [0.15, 0.2) is 12.7 Å². The summed E-state index contributed by atoms with van der Waals surface area (Å²) in [4.78, 5) is 0. The Bertz CT molecular complexity index is 107. The molecule has 0 saturated carbocycles. The maximum absolute atomic E-state index is 5.56. The Kier molecular flexibility index (Phi) is 5.46. The van der Waals surface area contributed by atoms with Crippen molar-refractivity contribution in [2.75, 3.05) is 19.8 Å². The lowest BCUT2D eigenvalue weighted by Gasteiger charge is -2.16. The molecule has 0 aromatic heterocycles. The van der Waals surface area contributed by atoms with Crippen LogP contribution in [0.25, 0.3) is 0 Å². The van der Waals surface area contributed by atoms with Crippen LogP contribution < -0.4 is 0 Å². The second-order valence-electron chi connectivity index (χ2n) is 3.32. The fraction of sp³-hybridized carbons (Fsp3) is 0.750. The SMILES string of the molecule is C=CCOCCO[Si](C)(C)C. The monoisotopic (exact) mass is 174 g/mol. The standard InChI is InChI=1S/C8H18O2Si/c1-5-6-9-7-8-10-11(2,3)4/h5H,1,6-8H2,2-4H3. The molecule has 11 heavy (non-hydrogen) atoms. The van der Waals surface area contributed by atoms with E-state index in [0.717, 1.165) is 0 Å². The van der Waals surface area contributed by atoms with Gasteiger partial charge in [0.25, 0.3) is 0 Å². The lowest BCUT2D eigenvalue weighted by atomic mass is 10.7.